The summed E-state index contributed by atoms with van der Waals surface area (Å²) in [7, 11) is 1.94. The normalized spacial score (nSPS) is 45.6. The first-order chi connectivity index (χ1) is 9.36. The lowest BCUT2D eigenvalue weighted by atomic mass is 9.43. The van der Waals surface area contributed by atoms with E-state index in [-0.39, 0.29) is 11.4 Å². The summed E-state index contributed by atoms with van der Waals surface area (Å²) in [4.78, 5) is 12.3. The Labute approximate surface area is 123 Å². The highest BCUT2D eigenvalue weighted by atomic mass is 16.1. The first-order valence-corrected chi connectivity index (χ1v) is 8.32. The molecule has 0 heterocycles. The predicted octanol–water partition coefficient (Wildman–Crippen LogP) is 2.85. The summed E-state index contributed by atoms with van der Waals surface area (Å²) in [5.74, 6) is 1.12. The monoisotopic (exact) mass is 278 g/mol. The number of amides is 1. The minimum atomic E-state index is 0.125. The summed E-state index contributed by atoms with van der Waals surface area (Å²) in [6.07, 6.45) is 9.41. The summed E-state index contributed by atoms with van der Waals surface area (Å²) in [6, 6.07) is 0. The van der Waals surface area contributed by atoms with Gasteiger partial charge < -0.3 is 10.6 Å². The minimum Gasteiger partial charge on any atom is -0.351 e. The highest BCUT2D eigenvalue weighted by molar-refractivity contribution is 5.76. The van der Waals surface area contributed by atoms with Crippen molar-refractivity contribution in [2.45, 2.75) is 70.8 Å². The molecule has 20 heavy (non-hydrogen) atoms. The Hall–Kier alpha value is -0.570. The Morgan fingerprint density at radius 1 is 1.10 bits per heavy atom. The van der Waals surface area contributed by atoms with Crippen molar-refractivity contribution in [3.8, 4) is 0 Å². The molecule has 0 aromatic rings. The molecule has 4 aliphatic carbocycles. The van der Waals surface area contributed by atoms with Crippen molar-refractivity contribution in [3.05, 3.63) is 0 Å². The molecule has 2 N–H and O–H groups in total. The van der Waals surface area contributed by atoms with Crippen LogP contribution in [0, 0.1) is 16.7 Å². The standard InChI is InChI=1S/C17H30N2O/c1-15-7-13-8-16(2,10-15)12-17(9-13,11-15)19-14(20)5-4-6-18-3/h13,18H,4-12H2,1-3H3,(H,19,20). The van der Waals surface area contributed by atoms with E-state index in [2.05, 4.69) is 24.5 Å². The van der Waals surface area contributed by atoms with E-state index in [1.807, 2.05) is 7.05 Å². The smallest absolute Gasteiger partial charge is 0.220 e. The molecule has 4 saturated carbocycles. The highest BCUT2D eigenvalue weighted by Crippen LogP contribution is 2.66. The Bertz CT molecular complexity index is 388. The van der Waals surface area contributed by atoms with Gasteiger partial charge in [-0.05, 0) is 75.3 Å². The van der Waals surface area contributed by atoms with Crippen molar-refractivity contribution < 1.29 is 4.79 Å². The summed E-state index contributed by atoms with van der Waals surface area (Å²) in [5, 5.41) is 6.58. The van der Waals surface area contributed by atoms with E-state index in [9.17, 15) is 4.79 Å². The average molecular weight is 278 g/mol. The number of hydrogen-bond donors (Lipinski definition) is 2. The van der Waals surface area contributed by atoms with Crippen molar-refractivity contribution in [2.24, 2.45) is 16.7 Å². The van der Waals surface area contributed by atoms with E-state index in [1.165, 1.54) is 38.5 Å². The van der Waals surface area contributed by atoms with Gasteiger partial charge in [0.15, 0.2) is 0 Å². The third kappa shape index (κ3) is 2.61. The van der Waals surface area contributed by atoms with E-state index < -0.39 is 0 Å². The fourth-order valence-electron chi connectivity index (χ4n) is 6.37. The molecule has 0 aromatic carbocycles. The second-order valence-corrected chi connectivity index (χ2v) is 8.67. The van der Waals surface area contributed by atoms with Gasteiger partial charge in [0.25, 0.3) is 0 Å². The lowest BCUT2D eigenvalue weighted by molar-refractivity contribution is -0.139. The fraction of sp³-hybridized carbons (Fsp3) is 0.941. The van der Waals surface area contributed by atoms with Crippen LogP contribution < -0.4 is 10.6 Å². The molecule has 0 aliphatic heterocycles. The fourth-order valence-corrected chi connectivity index (χ4v) is 6.37. The molecule has 0 radical (unpaired) electrons. The van der Waals surface area contributed by atoms with Crippen LogP contribution in [0.3, 0.4) is 0 Å². The second kappa shape index (κ2) is 4.72. The van der Waals surface area contributed by atoms with E-state index in [0.717, 1.165) is 18.9 Å². The molecule has 4 aliphatic rings. The van der Waals surface area contributed by atoms with Gasteiger partial charge in [-0.15, -0.1) is 0 Å². The summed E-state index contributed by atoms with van der Waals surface area (Å²) in [5.41, 5.74) is 1.08. The lowest BCUT2D eigenvalue weighted by Crippen LogP contribution is -2.65. The largest absolute Gasteiger partial charge is 0.351 e. The van der Waals surface area contributed by atoms with Gasteiger partial charge in [-0.25, -0.2) is 0 Å². The van der Waals surface area contributed by atoms with Crippen LogP contribution in [0.4, 0.5) is 0 Å². The molecule has 0 spiro atoms. The second-order valence-electron chi connectivity index (χ2n) is 8.67. The van der Waals surface area contributed by atoms with Gasteiger partial charge in [-0.2, -0.15) is 0 Å². The maximum atomic E-state index is 12.3. The Morgan fingerprint density at radius 2 is 1.75 bits per heavy atom. The average Bonchev–Trinajstić information content (AvgIpc) is 2.22. The van der Waals surface area contributed by atoms with E-state index in [1.54, 1.807) is 0 Å². The summed E-state index contributed by atoms with van der Waals surface area (Å²) < 4.78 is 0. The van der Waals surface area contributed by atoms with Crippen LogP contribution in [0.25, 0.3) is 0 Å². The molecule has 4 fully saturated rings. The lowest BCUT2D eigenvalue weighted by Gasteiger charge is -2.65. The minimum absolute atomic E-state index is 0.125. The van der Waals surface area contributed by atoms with Crippen molar-refractivity contribution in [1.82, 2.24) is 10.6 Å². The highest BCUT2D eigenvalue weighted by Gasteiger charge is 2.60. The van der Waals surface area contributed by atoms with Gasteiger partial charge in [-0.3, -0.25) is 4.79 Å². The zero-order valence-corrected chi connectivity index (χ0v) is 13.3. The van der Waals surface area contributed by atoms with Gasteiger partial charge >= 0.3 is 0 Å². The Morgan fingerprint density at radius 3 is 2.30 bits per heavy atom. The summed E-state index contributed by atoms with van der Waals surface area (Å²) in [6.45, 7) is 5.84. The van der Waals surface area contributed by atoms with Crippen LogP contribution in [0.1, 0.15) is 65.2 Å². The molecule has 2 atom stereocenters. The number of hydrogen-bond acceptors (Lipinski definition) is 2. The quantitative estimate of drug-likeness (QED) is 0.759. The van der Waals surface area contributed by atoms with E-state index >= 15 is 0 Å². The molecule has 1 amide bonds. The van der Waals surface area contributed by atoms with Crippen LogP contribution in [0.15, 0.2) is 0 Å². The van der Waals surface area contributed by atoms with Crippen molar-refractivity contribution >= 4 is 5.91 Å². The first-order valence-electron chi connectivity index (χ1n) is 8.32. The van der Waals surface area contributed by atoms with Crippen molar-refractivity contribution in [1.29, 1.82) is 0 Å². The zero-order chi connectivity index (χ0) is 14.4. The van der Waals surface area contributed by atoms with E-state index in [4.69, 9.17) is 0 Å². The van der Waals surface area contributed by atoms with Gasteiger partial charge in [0.1, 0.15) is 0 Å². The molecular weight excluding hydrogens is 248 g/mol. The Kier molecular flexibility index (Phi) is 3.39. The number of carbonyl (C=O) groups excluding carboxylic acids is 1. The maximum absolute atomic E-state index is 12.3. The van der Waals surface area contributed by atoms with Gasteiger partial charge in [0.2, 0.25) is 5.91 Å². The number of carbonyl (C=O) groups is 1. The van der Waals surface area contributed by atoms with Crippen LogP contribution in [0.5, 0.6) is 0 Å². The molecule has 3 nitrogen and oxygen atoms in total. The van der Waals surface area contributed by atoms with Crippen LogP contribution >= 0.6 is 0 Å². The molecule has 4 rings (SSSR count). The van der Waals surface area contributed by atoms with Crippen LogP contribution in [-0.4, -0.2) is 25.0 Å². The van der Waals surface area contributed by atoms with E-state index in [0.29, 0.717) is 17.3 Å². The topological polar surface area (TPSA) is 41.1 Å². The molecular formula is C17H30N2O. The molecule has 0 saturated heterocycles. The molecule has 3 heteroatoms. The predicted molar refractivity (Wildman–Crippen MR) is 81.4 cm³/mol. The third-order valence-electron chi connectivity index (χ3n) is 5.86. The third-order valence-corrected chi connectivity index (χ3v) is 5.86. The number of nitrogens with one attached hydrogen (secondary N) is 2. The summed E-state index contributed by atoms with van der Waals surface area (Å²) >= 11 is 0. The van der Waals surface area contributed by atoms with Gasteiger partial charge in [0.05, 0.1) is 0 Å². The maximum Gasteiger partial charge on any atom is 0.220 e. The molecule has 0 aromatic heterocycles. The molecule has 2 unspecified atom stereocenters. The molecule has 4 bridgehead atoms. The first kappa shape index (κ1) is 14.4. The van der Waals surface area contributed by atoms with Gasteiger partial charge in [0, 0.05) is 12.0 Å². The SMILES string of the molecule is CNCCCC(=O)NC12CC3CC(C)(CC(C)(C3)C1)C2. The Balaban J connectivity index is 1.68. The van der Waals surface area contributed by atoms with Crippen molar-refractivity contribution in [3.63, 3.8) is 0 Å². The van der Waals surface area contributed by atoms with Crippen LogP contribution in [-0.2, 0) is 4.79 Å². The van der Waals surface area contributed by atoms with Crippen LogP contribution in [0.2, 0.25) is 0 Å². The number of rotatable bonds is 5. The molecule has 114 valence electrons. The zero-order valence-electron chi connectivity index (χ0n) is 13.3. The van der Waals surface area contributed by atoms with Gasteiger partial charge in [-0.1, -0.05) is 13.8 Å². The van der Waals surface area contributed by atoms with Crippen molar-refractivity contribution in [2.75, 3.05) is 13.6 Å².